The predicted molar refractivity (Wildman–Crippen MR) is 305 cm³/mol. The van der Waals surface area contributed by atoms with Crippen LogP contribution in [-0.4, -0.2) is 157 Å². The number of β-amino-alcohol motifs (C(OH)–C–C–N with tert-alkyl or cyclic N) is 1. The molecule has 0 bridgehead atoms. The monoisotopic (exact) mass is 1170 g/mol. The molecule has 5 N–H and O–H groups in total. The molecule has 0 spiro atoms. The van der Waals surface area contributed by atoms with E-state index in [-0.39, 0.29) is 75.1 Å². The van der Waals surface area contributed by atoms with Crippen molar-refractivity contribution in [2.24, 2.45) is 5.41 Å². The normalized spacial score (nSPS) is 16.1. The first-order valence-corrected chi connectivity index (χ1v) is 28.5. The summed E-state index contributed by atoms with van der Waals surface area (Å²) in [5.41, 5.74) is 14.8. The van der Waals surface area contributed by atoms with Gasteiger partial charge in [-0.15, -0.1) is 24.5 Å². The van der Waals surface area contributed by atoms with Crippen LogP contribution in [0.2, 0.25) is 0 Å². The third-order valence-electron chi connectivity index (χ3n) is 14.3. The van der Waals surface area contributed by atoms with E-state index in [1.807, 2.05) is 93.4 Å². The molecule has 3 aromatic carbocycles. The van der Waals surface area contributed by atoms with Gasteiger partial charge in [0.25, 0.3) is 0 Å². The van der Waals surface area contributed by atoms with Crippen LogP contribution < -0.4 is 26.0 Å². The second kappa shape index (κ2) is 28.5. The number of hydrogen-bond acceptors (Lipinski definition) is 16. The number of alkyl halides is 3. The van der Waals surface area contributed by atoms with Crippen LogP contribution >= 0.6 is 11.3 Å². The number of ether oxygens (including phenoxy) is 6. The molecule has 0 saturated carbocycles. The van der Waals surface area contributed by atoms with Gasteiger partial charge in [-0.05, 0) is 77.8 Å². The molecule has 0 unspecified atom stereocenters. The van der Waals surface area contributed by atoms with Gasteiger partial charge >= 0.3 is 6.36 Å². The number of aryl methyl sites for hydroxylation is 1. The number of aliphatic hydroxyl groups excluding tert-OH is 1. The summed E-state index contributed by atoms with van der Waals surface area (Å²) in [6.07, 6.45) is -1.77. The molecule has 2 aliphatic rings. The maximum Gasteiger partial charge on any atom is 0.573 e. The van der Waals surface area contributed by atoms with Crippen LogP contribution in [0.15, 0.2) is 84.8 Å². The zero-order valence-electron chi connectivity index (χ0n) is 47.2. The number of benzene rings is 3. The first-order valence-electron chi connectivity index (χ1n) is 27.6. The van der Waals surface area contributed by atoms with Gasteiger partial charge < -0.3 is 64.3 Å². The topological polar surface area (TPSA) is 244 Å². The van der Waals surface area contributed by atoms with E-state index in [2.05, 4.69) is 30.3 Å². The molecule has 5 heterocycles. The average Bonchev–Trinajstić information content (AvgIpc) is 3.11. The molecule has 24 heteroatoms. The number of nitrogens with zero attached hydrogens (tertiary/aromatic N) is 6. The molecule has 1 fully saturated rings. The predicted octanol–water partition coefficient (Wildman–Crippen LogP) is 6.99. The van der Waals surface area contributed by atoms with Crippen LogP contribution in [-0.2, 0) is 62.2 Å². The highest BCUT2D eigenvalue weighted by molar-refractivity contribution is 7.13. The summed E-state index contributed by atoms with van der Waals surface area (Å²) in [7, 11) is 0. The number of aliphatic hydroxyl groups is 1. The molecule has 2 aliphatic heterocycles. The Morgan fingerprint density at radius 2 is 1.49 bits per heavy atom. The van der Waals surface area contributed by atoms with Gasteiger partial charge in [0.1, 0.15) is 35.6 Å². The molecule has 0 aliphatic carbocycles. The number of hydrogen-bond donors (Lipinski definition) is 4. The first kappa shape index (κ1) is 62.0. The van der Waals surface area contributed by atoms with Gasteiger partial charge in [-0.1, -0.05) is 63.2 Å². The largest absolute Gasteiger partial charge is 0.573 e. The standard InChI is InChI=1S/C59H72F3N9O11S/c1-37(40-9-11-41(12-10-40)52-38(2)66-36-83-52)67-56(75)48-32-44(72)33-71(48)57(76)53(58(3,4)5)68-49(73)16-19-77-21-23-79-25-27-81-28-26-80-24-22-78-20-18-69-34-46(51-54(63)64-35-65-55(51)69)42-13-14-47-43(31-42)15-17-70(47)50(74)30-39-7-6-8-45(29-39)82-59(60,61)62/h6-14,29,31,34-37,44,48,53,72H,15-28,30,32-33H2,1-5H3,(H,67,75)(H,68,73)(H2,63,64,65)/t37-,44+,48-,53+/m0/s1. The Morgan fingerprint density at radius 1 is 0.831 bits per heavy atom. The van der Waals surface area contributed by atoms with Crippen molar-refractivity contribution < 1.29 is 65.9 Å². The highest BCUT2D eigenvalue weighted by Gasteiger charge is 2.45. The summed E-state index contributed by atoms with van der Waals surface area (Å²) in [6, 6.07) is 16.9. The van der Waals surface area contributed by atoms with Gasteiger partial charge in [0, 0.05) is 49.9 Å². The van der Waals surface area contributed by atoms with E-state index in [0.29, 0.717) is 88.2 Å². The Hall–Kier alpha value is -7.06. The van der Waals surface area contributed by atoms with Crippen molar-refractivity contribution in [3.8, 4) is 27.3 Å². The summed E-state index contributed by atoms with van der Waals surface area (Å²) in [6.45, 7) is 13.3. The third-order valence-corrected chi connectivity index (χ3v) is 15.2. The number of thiazole rings is 1. The number of nitrogens with one attached hydrogen (secondary N) is 2. The molecule has 446 valence electrons. The van der Waals surface area contributed by atoms with Crippen molar-refractivity contribution in [3.05, 3.63) is 107 Å². The minimum absolute atomic E-state index is 0.00224. The fourth-order valence-corrected chi connectivity index (χ4v) is 10.9. The van der Waals surface area contributed by atoms with Crippen LogP contribution in [0.4, 0.5) is 24.7 Å². The summed E-state index contributed by atoms with van der Waals surface area (Å²) in [5.74, 6) is -1.50. The molecule has 4 atom stereocenters. The molecule has 20 nitrogen and oxygen atoms in total. The molecular weight excluding hydrogens is 1100 g/mol. The number of nitrogens with two attached hydrogens (primary N) is 1. The fourth-order valence-electron chi connectivity index (χ4n) is 10.0. The van der Waals surface area contributed by atoms with Gasteiger partial charge in [0.05, 0.1) is 106 Å². The maximum atomic E-state index is 14.1. The number of carbonyl (C=O) groups is 4. The molecule has 1 saturated heterocycles. The minimum Gasteiger partial charge on any atom is -0.406 e. The number of fused-ring (bicyclic) bond motifs is 2. The van der Waals surface area contributed by atoms with E-state index in [1.165, 1.54) is 29.4 Å². The van der Waals surface area contributed by atoms with E-state index in [9.17, 15) is 37.5 Å². The number of halogens is 3. The zero-order valence-corrected chi connectivity index (χ0v) is 48.1. The number of rotatable bonds is 28. The van der Waals surface area contributed by atoms with Crippen molar-refractivity contribution in [2.45, 2.75) is 97.4 Å². The van der Waals surface area contributed by atoms with Crippen molar-refractivity contribution in [3.63, 3.8) is 0 Å². The molecule has 6 aromatic rings. The summed E-state index contributed by atoms with van der Waals surface area (Å²) in [4.78, 5) is 71.3. The van der Waals surface area contributed by atoms with Gasteiger partial charge in [0.2, 0.25) is 23.6 Å². The maximum absolute atomic E-state index is 14.1. The Labute approximate surface area is 483 Å². The third kappa shape index (κ3) is 16.8. The Kier molecular flexibility index (Phi) is 21.3. The number of nitrogen functional groups attached to an aromatic ring is 1. The SMILES string of the molecule is Cc1ncsc1-c1ccc([C@H](C)NC(=O)[C@@H]2C[C@@H](O)CN2C(=O)[C@@H](NC(=O)CCOCCOCCOCCOCCOCCn2cc(-c3ccc4c(c3)CCN4C(=O)Cc3cccc(OC(F)(F)F)c3)c3c(N)ncnc32)C(C)(C)C)cc1. The minimum atomic E-state index is -4.83. The fraction of sp³-hybridized carbons (Fsp3) is 0.475. The van der Waals surface area contributed by atoms with Crippen LogP contribution in [0.25, 0.3) is 32.6 Å². The van der Waals surface area contributed by atoms with Crippen LogP contribution in [0.1, 0.15) is 69.0 Å². The summed E-state index contributed by atoms with van der Waals surface area (Å²) < 4.78 is 72.7. The van der Waals surface area contributed by atoms with E-state index in [1.54, 1.807) is 22.3 Å². The average molecular weight is 1170 g/mol. The lowest BCUT2D eigenvalue weighted by molar-refractivity contribution is -0.274. The van der Waals surface area contributed by atoms with Crippen molar-refractivity contribution in [1.82, 2.24) is 35.1 Å². The van der Waals surface area contributed by atoms with Crippen molar-refractivity contribution >= 4 is 57.5 Å². The highest BCUT2D eigenvalue weighted by atomic mass is 32.1. The molecule has 3 aromatic heterocycles. The van der Waals surface area contributed by atoms with Crippen molar-refractivity contribution in [1.29, 1.82) is 0 Å². The number of carbonyl (C=O) groups excluding carboxylic acids is 4. The first-order chi connectivity index (χ1) is 39.7. The lowest BCUT2D eigenvalue weighted by Crippen LogP contribution is -2.58. The Bertz CT molecular complexity index is 3170. The van der Waals surface area contributed by atoms with Gasteiger partial charge in [-0.3, -0.25) is 19.2 Å². The zero-order chi connectivity index (χ0) is 59.3. The highest BCUT2D eigenvalue weighted by Crippen LogP contribution is 2.38. The van der Waals surface area contributed by atoms with Crippen LogP contribution in [0, 0.1) is 12.3 Å². The Balaban J connectivity index is 0.670. The molecule has 0 radical (unpaired) electrons. The number of aromatic nitrogens is 4. The second-order valence-electron chi connectivity index (χ2n) is 21.4. The smallest absolute Gasteiger partial charge is 0.406 e. The number of likely N-dealkylation sites (tertiary alicyclic amines) is 1. The van der Waals surface area contributed by atoms with Crippen LogP contribution in [0.5, 0.6) is 5.75 Å². The quantitative estimate of drug-likeness (QED) is 0.0362. The van der Waals surface area contributed by atoms with E-state index < -0.39 is 35.9 Å². The lowest BCUT2D eigenvalue weighted by atomic mass is 9.85. The molecule has 4 amide bonds. The molecule has 8 rings (SSSR count). The molecule has 83 heavy (non-hydrogen) atoms. The number of amides is 4. The van der Waals surface area contributed by atoms with E-state index in [0.717, 1.165) is 44.1 Å². The van der Waals surface area contributed by atoms with E-state index in [4.69, 9.17) is 29.4 Å². The van der Waals surface area contributed by atoms with Gasteiger partial charge in [-0.2, -0.15) is 0 Å². The van der Waals surface area contributed by atoms with Gasteiger partial charge in [-0.25, -0.2) is 15.0 Å². The summed E-state index contributed by atoms with van der Waals surface area (Å²) >= 11 is 1.57. The second-order valence-corrected chi connectivity index (χ2v) is 22.3. The lowest BCUT2D eigenvalue weighted by Gasteiger charge is -2.35. The van der Waals surface area contributed by atoms with Crippen molar-refractivity contribution in [2.75, 3.05) is 89.8 Å². The van der Waals surface area contributed by atoms with Crippen LogP contribution in [0.3, 0.4) is 0 Å². The molecular formula is C59H72F3N9O11S. The number of anilines is 2. The van der Waals surface area contributed by atoms with Gasteiger partial charge in [0.15, 0.2) is 0 Å². The Morgan fingerprint density at radius 3 is 2.14 bits per heavy atom. The summed E-state index contributed by atoms with van der Waals surface area (Å²) in [5, 5.41) is 17.2. The van der Waals surface area contributed by atoms with E-state index >= 15 is 0 Å².